The molecular weight excluding hydrogens is 1760 g/mol. The summed E-state index contributed by atoms with van der Waals surface area (Å²) in [5.74, 6) is 1.97. The van der Waals surface area contributed by atoms with Crippen LogP contribution in [0.15, 0.2) is 221 Å². The van der Waals surface area contributed by atoms with Crippen LogP contribution in [0, 0.1) is 13.8 Å². The number of nitrogens with one attached hydrogen (secondary N) is 4. The number of nitrogens with zero attached hydrogens (tertiary/aromatic N) is 17. The number of aryl methyl sites for hydroxylation is 5. The van der Waals surface area contributed by atoms with Gasteiger partial charge >= 0.3 is 0 Å². The molecule has 34 heteroatoms. The molecule has 4 aromatic carbocycles. The fraction of sp³-hybridized carbons (Fsp3) is 0.276. The van der Waals surface area contributed by atoms with Gasteiger partial charge in [-0.05, 0) is 145 Å². The average molecular weight is 1850 g/mol. The quantitative estimate of drug-likeness (QED) is 0.0489. The van der Waals surface area contributed by atoms with Crippen LogP contribution < -0.4 is 43.5 Å². The summed E-state index contributed by atoms with van der Waals surface area (Å²) >= 11 is 26.6. The van der Waals surface area contributed by atoms with Crippen LogP contribution in [0.3, 0.4) is 0 Å². The van der Waals surface area contributed by atoms with E-state index in [0.717, 1.165) is 123 Å². The van der Waals surface area contributed by atoms with Gasteiger partial charge in [-0.3, -0.25) is 62.4 Å². The Kier molecular flexibility index (Phi) is 28.5. The van der Waals surface area contributed by atoms with Crippen molar-refractivity contribution in [2.24, 2.45) is 0 Å². The van der Waals surface area contributed by atoms with Crippen LogP contribution in [0.1, 0.15) is 57.7 Å². The second-order valence-electron chi connectivity index (χ2n) is 32.0. The van der Waals surface area contributed by atoms with Crippen molar-refractivity contribution in [2.45, 2.75) is 111 Å². The van der Waals surface area contributed by atoms with Gasteiger partial charge in [0, 0.05) is 211 Å². The molecule has 4 aliphatic heterocycles. The first-order valence-electron chi connectivity index (χ1n) is 43.6. The molecule has 4 N–H and O–H groups in total. The number of hydrogen-bond acceptors (Lipinski definition) is 26. The summed E-state index contributed by atoms with van der Waals surface area (Å²) in [5.41, 5.74) is 15.0. The fourth-order valence-corrected chi connectivity index (χ4v) is 17.4. The SMILES string of the molecule is CCn1c(=O)c(-c2ccc(-c3ccccn3)cc2Cl)cc2cnc(N[C@@H]3CCOC3)nc21.CCn1c(=O)c(-c2ccc(-c3cnc(C)cn3)cc2Cl)cc2cnc(N[C@@H]3CCOC3)nc21.CCn1c(=O)c(-c2ccc(-c3ncccc3C)cc2Cl)cc2cnc(N[C@@H]3CCOC3)nc21.COCCn1c(=O)c(-c2ccc(-c3ccccn3)cc2Cl)cc2cnc(NC3CCOC3)nc21. The van der Waals surface area contributed by atoms with Gasteiger partial charge in [-0.2, -0.15) is 19.9 Å². The first kappa shape index (κ1) is 90.7. The highest BCUT2D eigenvalue weighted by atomic mass is 35.5. The second kappa shape index (κ2) is 41.4. The van der Waals surface area contributed by atoms with Crippen molar-refractivity contribution in [3.63, 3.8) is 0 Å². The predicted octanol–water partition coefficient (Wildman–Crippen LogP) is 17.2. The summed E-state index contributed by atoms with van der Waals surface area (Å²) in [4.78, 5) is 112. The van der Waals surface area contributed by atoms with Crippen LogP contribution in [0.25, 0.3) is 134 Å². The zero-order chi connectivity index (χ0) is 91.5. The van der Waals surface area contributed by atoms with E-state index in [-0.39, 0.29) is 46.4 Å². The van der Waals surface area contributed by atoms with Crippen molar-refractivity contribution in [1.29, 1.82) is 0 Å². The lowest BCUT2D eigenvalue weighted by Crippen LogP contribution is -2.26. The monoisotopic (exact) mass is 1850 g/mol. The van der Waals surface area contributed by atoms with Crippen LogP contribution >= 0.6 is 46.4 Å². The molecule has 4 atom stereocenters. The van der Waals surface area contributed by atoms with Gasteiger partial charge in [-0.25, -0.2) is 19.9 Å². The number of methoxy groups -OCH3 is 1. The number of hydrogen-bond donors (Lipinski definition) is 4. The van der Waals surface area contributed by atoms with Crippen LogP contribution in [-0.4, -0.2) is 174 Å². The van der Waals surface area contributed by atoms with Gasteiger partial charge in [0.2, 0.25) is 23.8 Å². The van der Waals surface area contributed by atoms with E-state index in [4.69, 9.17) is 70.1 Å². The number of fused-ring (bicyclic) bond motifs is 4. The summed E-state index contributed by atoms with van der Waals surface area (Å²) in [6.07, 6.45) is 19.2. The molecule has 12 aromatic heterocycles. The van der Waals surface area contributed by atoms with Crippen molar-refractivity contribution in [3.05, 3.63) is 274 Å². The standard InChI is InChI=1S/C25H24ClN5O3.C25H24ClN5O2.C24H23ClN6O2.C24H22ClN5O2/c1-33-11-9-31-23-17(14-28-25(30-23)29-18-7-10-34-15-18)12-20(24(31)32)19-6-5-16(13-21(19)26)22-4-2-3-8-27-22;1-3-31-23-17(13-28-25(30-23)29-18-8-10-33-14-18)11-20(24(31)32)19-7-6-16(12-21(19)26)22-15(2)5-4-9-27-22;1-3-31-22-16(11-28-24(30-22)29-17-6-7-33-13-17)8-19(23(31)32)18-5-4-15(9-20(18)25)21-12-26-14(2)10-27-21;1-2-30-22-16(13-27-24(29-22)28-17-8-10-32-14-17)11-19(23(30)31)18-7-6-15(12-20(18)25)21-5-3-4-9-26-21/h2-6,8,12-14,18H,7,9-11,15H2,1H3,(H,28,29,30);4-7,9,11-13,18H,3,8,10,14H2,1-2H3,(H,28,29,30);4-5,8-12,17H,3,6-7,13H2,1-2H3,(H,28,29,30);3-7,9,11-13,17H,2,8,10,14H2,1H3,(H,27,28,29)/t;18-;2*17-/m.111/s1. The van der Waals surface area contributed by atoms with Gasteiger partial charge in [0.05, 0.1) is 98.4 Å². The average Bonchev–Trinajstić information content (AvgIpc) is 1.67. The van der Waals surface area contributed by atoms with Gasteiger partial charge in [-0.1, -0.05) is 113 Å². The number of anilines is 4. The number of pyridine rings is 7. The van der Waals surface area contributed by atoms with Crippen LogP contribution in [0.4, 0.5) is 23.8 Å². The van der Waals surface area contributed by atoms with Crippen molar-refractivity contribution in [2.75, 3.05) is 87.8 Å². The van der Waals surface area contributed by atoms with E-state index in [1.54, 1.807) is 93.3 Å². The van der Waals surface area contributed by atoms with Crippen LogP contribution in [-0.2, 0) is 49.9 Å². The van der Waals surface area contributed by atoms with Gasteiger partial charge in [0.1, 0.15) is 22.6 Å². The molecule has 4 fully saturated rings. The molecule has 16 aromatic rings. The first-order chi connectivity index (χ1) is 64.3. The predicted molar refractivity (Wildman–Crippen MR) is 517 cm³/mol. The Bertz CT molecular complexity index is 7180. The highest BCUT2D eigenvalue weighted by Crippen LogP contribution is 2.38. The van der Waals surface area contributed by atoms with Crippen molar-refractivity contribution < 1.29 is 23.7 Å². The van der Waals surface area contributed by atoms with E-state index in [1.807, 2.05) is 168 Å². The minimum absolute atomic E-state index is 0.137. The normalized spacial score (nSPS) is 15.8. The highest BCUT2D eigenvalue weighted by molar-refractivity contribution is 6.35. The molecule has 20 rings (SSSR count). The van der Waals surface area contributed by atoms with Crippen LogP contribution in [0.5, 0.6) is 0 Å². The van der Waals surface area contributed by atoms with Gasteiger partial charge in [0.15, 0.2) is 0 Å². The number of halogens is 4. The van der Waals surface area contributed by atoms with E-state index in [2.05, 4.69) is 86.1 Å². The van der Waals surface area contributed by atoms with E-state index >= 15 is 0 Å². The fourth-order valence-electron chi connectivity index (χ4n) is 16.2. The molecule has 0 spiro atoms. The molecule has 672 valence electrons. The third kappa shape index (κ3) is 20.3. The van der Waals surface area contributed by atoms with Gasteiger partial charge < -0.3 is 45.0 Å². The van der Waals surface area contributed by atoms with E-state index in [9.17, 15) is 19.2 Å². The smallest absolute Gasteiger partial charge is 0.260 e. The van der Waals surface area contributed by atoms with E-state index < -0.39 is 0 Å². The molecule has 0 saturated carbocycles. The first-order valence-corrected chi connectivity index (χ1v) is 45.1. The lowest BCUT2D eigenvalue weighted by atomic mass is 10.0. The third-order valence-electron chi connectivity index (χ3n) is 23.1. The molecule has 0 radical (unpaired) electrons. The van der Waals surface area contributed by atoms with Crippen molar-refractivity contribution in [3.8, 4) is 89.5 Å². The molecule has 16 heterocycles. The van der Waals surface area contributed by atoms with E-state index in [0.29, 0.717) is 177 Å². The molecule has 4 saturated heterocycles. The molecule has 0 amide bonds. The number of benzene rings is 4. The van der Waals surface area contributed by atoms with E-state index in [1.165, 1.54) is 0 Å². The summed E-state index contributed by atoms with van der Waals surface area (Å²) in [6.45, 7) is 17.2. The lowest BCUT2D eigenvalue weighted by molar-refractivity contribution is 0.187. The molecule has 4 aliphatic rings. The second-order valence-corrected chi connectivity index (χ2v) is 33.6. The number of ether oxygens (including phenoxy) is 5. The Hall–Kier alpha value is -13.3. The topological polar surface area (TPSA) is 350 Å². The molecule has 0 aliphatic carbocycles. The zero-order valence-corrected chi connectivity index (χ0v) is 76.2. The Morgan fingerprint density at radius 2 is 0.697 bits per heavy atom. The van der Waals surface area contributed by atoms with Crippen molar-refractivity contribution >= 4 is 114 Å². The largest absolute Gasteiger partial charge is 0.383 e. The Labute approximate surface area is 778 Å². The van der Waals surface area contributed by atoms with Gasteiger partial charge in [0.25, 0.3) is 22.2 Å². The minimum Gasteiger partial charge on any atom is -0.383 e. The van der Waals surface area contributed by atoms with Gasteiger partial charge in [-0.15, -0.1) is 0 Å². The molecular formula is C98H93Cl4N21O9. The third-order valence-corrected chi connectivity index (χ3v) is 24.4. The maximum absolute atomic E-state index is 13.6. The Balaban J connectivity index is 0.000000123. The summed E-state index contributed by atoms with van der Waals surface area (Å²) < 4.78 is 33.5. The minimum atomic E-state index is -0.189. The molecule has 0 bridgehead atoms. The maximum Gasteiger partial charge on any atom is 0.260 e. The molecule has 1 unspecified atom stereocenters. The zero-order valence-electron chi connectivity index (χ0n) is 73.2. The maximum atomic E-state index is 13.6. The Morgan fingerprint density at radius 3 is 1.01 bits per heavy atom. The number of aromatic nitrogens is 17. The van der Waals surface area contributed by atoms with Crippen molar-refractivity contribution in [1.82, 2.24) is 83.1 Å². The lowest BCUT2D eigenvalue weighted by Gasteiger charge is -2.15. The summed E-state index contributed by atoms with van der Waals surface area (Å²) in [7, 11) is 1.60. The molecule has 30 nitrogen and oxygen atoms in total. The van der Waals surface area contributed by atoms with Crippen LogP contribution in [0.2, 0.25) is 20.1 Å². The highest BCUT2D eigenvalue weighted by Gasteiger charge is 2.26. The molecule has 132 heavy (non-hydrogen) atoms. The summed E-state index contributed by atoms with van der Waals surface area (Å²) in [5, 5.41) is 18.2. The Morgan fingerprint density at radius 1 is 0.356 bits per heavy atom. The summed E-state index contributed by atoms with van der Waals surface area (Å²) in [6, 6.07) is 45.7. The number of rotatable bonds is 22.